The zero-order valence-corrected chi connectivity index (χ0v) is 8.17. The Morgan fingerprint density at radius 2 is 1.93 bits per heavy atom. The van der Waals surface area contributed by atoms with Gasteiger partial charge in [0.15, 0.2) is 5.52 Å². The molecule has 0 saturated carbocycles. The Morgan fingerprint density at radius 1 is 1.27 bits per heavy atom. The van der Waals surface area contributed by atoms with Gasteiger partial charge in [-0.1, -0.05) is 12.1 Å². The maximum atomic E-state index is 11.7. The molecule has 1 aromatic carbocycles. The first-order valence-corrected chi connectivity index (χ1v) is 4.60. The molecule has 2 aromatic rings. The Morgan fingerprint density at radius 3 is 2.60 bits per heavy atom. The molecule has 0 atom stereocenters. The lowest BCUT2D eigenvalue weighted by atomic mass is 10.3. The number of benzene rings is 1. The van der Waals surface area contributed by atoms with Gasteiger partial charge in [0.05, 0.1) is 6.54 Å². The minimum Gasteiger partial charge on any atom is -0.739 e. The largest absolute Gasteiger partial charge is 0.739 e. The highest BCUT2D eigenvalue weighted by atomic mass is 16.5. The van der Waals surface area contributed by atoms with Gasteiger partial charge in [0.25, 0.3) is 5.52 Å². The topological polar surface area (TPSA) is 78.8 Å². The molecule has 2 rings (SSSR count). The molecule has 0 amide bonds. The standard InChI is InChI=1S/C9H10N4O2/c1-2-10-9-11-13(15)8-6-4-3-5-7(8)12(9)14/h3-6H,2H2,1H3,(H,10,11). The average molecular weight is 206 g/mol. The fourth-order valence-corrected chi connectivity index (χ4v) is 1.36. The van der Waals surface area contributed by atoms with Crippen LogP contribution in [0.15, 0.2) is 24.3 Å². The van der Waals surface area contributed by atoms with Crippen molar-refractivity contribution in [1.82, 2.24) is 5.10 Å². The summed E-state index contributed by atoms with van der Waals surface area (Å²) in [5.41, 5.74) is 0.563. The highest BCUT2D eigenvalue weighted by molar-refractivity contribution is 5.67. The molecule has 15 heavy (non-hydrogen) atoms. The van der Waals surface area contributed by atoms with E-state index in [-0.39, 0.29) is 11.5 Å². The third-order valence-electron chi connectivity index (χ3n) is 2.02. The van der Waals surface area contributed by atoms with Gasteiger partial charge in [0.1, 0.15) is 0 Å². The normalized spacial score (nSPS) is 10.5. The van der Waals surface area contributed by atoms with Gasteiger partial charge in [-0.25, -0.2) is 4.73 Å². The molecule has 78 valence electrons. The molecule has 0 spiro atoms. The number of anilines is 1. The summed E-state index contributed by atoms with van der Waals surface area (Å²) in [6.45, 7) is 2.36. The molecule has 6 nitrogen and oxygen atoms in total. The molecule has 0 aliphatic carbocycles. The number of nitrogens with zero attached hydrogens (tertiary/aromatic N) is 3. The van der Waals surface area contributed by atoms with Crippen LogP contribution in [0.3, 0.4) is 0 Å². The number of para-hydroxylation sites is 2. The lowest BCUT2D eigenvalue weighted by Crippen LogP contribution is -2.44. The molecule has 1 heterocycles. The third-order valence-corrected chi connectivity index (χ3v) is 2.02. The summed E-state index contributed by atoms with van der Waals surface area (Å²) in [6, 6.07) is 6.52. The third kappa shape index (κ3) is 1.50. The highest BCUT2D eigenvalue weighted by Gasteiger charge is 2.18. The molecule has 1 aromatic heterocycles. The summed E-state index contributed by atoms with van der Waals surface area (Å²) in [5.74, 6) is 0.0196. The minimum atomic E-state index is 0.0196. The van der Waals surface area contributed by atoms with E-state index in [0.717, 1.165) is 0 Å². The van der Waals surface area contributed by atoms with Crippen molar-refractivity contribution in [2.45, 2.75) is 6.92 Å². The zero-order valence-electron chi connectivity index (χ0n) is 8.17. The molecule has 1 N–H and O–H groups in total. The highest BCUT2D eigenvalue weighted by Crippen LogP contribution is 2.04. The lowest BCUT2D eigenvalue weighted by Gasteiger charge is -2.08. The summed E-state index contributed by atoms with van der Waals surface area (Å²) < 4.78 is 0.618. The fraction of sp³-hybridized carbons (Fsp3) is 0.222. The molecule has 0 unspecified atom stereocenters. The van der Waals surface area contributed by atoms with E-state index in [9.17, 15) is 10.4 Å². The Hall–Kier alpha value is -2.11. The number of fused-ring (bicyclic) bond motifs is 1. The number of aromatic nitrogens is 3. The second-order valence-electron chi connectivity index (χ2n) is 3.01. The maximum absolute atomic E-state index is 11.7. The Labute approximate surface area is 85.9 Å². The summed E-state index contributed by atoms with van der Waals surface area (Å²) >= 11 is 0. The second kappa shape index (κ2) is 3.56. The van der Waals surface area contributed by atoms with Gasteiger partial charge in [-0.3, -0.25) is 5.32 Å². The van der Waals surface area contributed by atoms with E-state index in [2.05, 4.69) is 10.4 Å². The molecule has 0 aliphatic heterocycles. The van der Waals surface area contributed by atoms with Crippen molar-refractivity contribution in [2.24, 2.45) is 0 Å². The molecular formula is C9H10N4O2. The molecule has 6 heteroatoms. The van der Waals surface area contributed by atoms with E-state index >= 15 is 0 Å². The second-order valence-corrected chi connectivity index (χ2v) is 3.01. The van der Waals surface area contributed by atoms with Gasteiger partial charge >= 0.3 is 5.95 Å². The van der Waals surface area contributed by atoms with Crippen LogP contribution in [0.2, 0.25) is 0 Å². The van der Waals surface area contributed by atoms with Gasteiger partial charge < -0.3 is 10.4 Å². The van der Waals surface area contributed by atoms with Crippen LogP contribution in [-0.2, 0) is 0 Å². The monoisotopic (exact) mass is 206 g/mol. The van der Waals surface area contributed by atoms with Crippen LogP contribution < -0.4 is 14.9 Å². The average Bonchev–Trinajstić information content (AvgIpc) is 2.26. The number of hydrogen-bond donors (Lipinski definition) is 1. The van der Waals surface area contributed by atoms with Gasteiger partial charge in [-0.15, -0.1) is 0 Å². The Balaban J connectivity index is 2.72. The van der Waals surface area contributed by atoms with Crippen LogP contribution in [0.25, 0.3) is 11.0 Å². The number of rotatable bonds is 2. The van der Waals surface area contributed by atoms with Gasteiger partial charge in [-0.05, 0) is 13.0 Å². The van der Waals surface area contributed by atoms with Crippen LogP contribution >= 0.6 is 0 Å². The predicted molar refractivity (Wildman–Crippen MR) is 53.8 cm³/mol. The lowest BCUT2D eigenvalue weighted by molar-refractivity contribution is -0.672. The Bertz CT molecular complexity index is 501. The first-order chi connectivity index (χ1) is 7.24. The summed E-state index contributed by atoms with van der Waals surface area (Å²) in [5, 5.41) is 29.5. The van der Waals surface area contributed by atoms with Crippen LogP contribution in [0.5, 0.6) is 0 Å². The molecule has 0 fully saturated rings. The van der Waals surface area contributed by atoms with Crippen molar-refractivity contribution in [3.05, 3.63) is 34.7 Å². The van der Waals surface area contributed by atoms with Gasteiger partial charge in [0, 0.05) is 10.9 Å². The van der Waals surface area contributed by atoms with E-state index in [0.29, 0.717) is 21.6 Å². The van der Waals surface area contributed by atoms with E-state index in [4.69, 9.17) is 0 Å². The first kappa shape index (κ1) is 9.45. The smallest absolute Gasteiger partial charge is 0.460 e. The van der Waals surface area contributed by atoms with Gasteiger partial charge in [-0.2, -0.15) is 0 Å². The van der Waals surface area contributed by atoms with Crippen molar-refractivity contribution >= 4 is 17.0 Å². The predicted octanol–water partition coefficient (Wildman–Crippen LogP) is -0.0666. The van der Waals surface area contributed by atoms with Crippen molar-refractivity contribution < 1.29 is 9.58 Å². The van der Waals surface area contributed by atoms with E-state index in [1.54, 1.807) is 24.3 Å². The fourth-order valence-electron chi connectivity index (χ4n) is 1.36. The SMILES string of the molecule is CCNc1n[n+]([O-])c2ccccc2[n+]1[O-]. The van der Waals surface area contributed by atoms with Crippen LogP contribution in [-0.4, -0.2) is 11.6 Å². The quantitative estimate of drug-likeness (QED) is 0.551. The number of hydrogen-bond acceptors (Lipinski definition) is 4. The van der Waals surface area contributed by atoms with E-state index in [1.807, 2.05) is 6.92 Å². The minimum absolute atomic E-state index is 0.0196. The number of nitrogens with one attached hydrogen (secondary N) is 1. The zero-order chi connectivity index (χ0) is 10.8. The van der Waals surface area contributed by atoms with Crippen LogP contribution in [0.4, 0.5) is 5.95 Å². The van der Waals surface area contributed by atoms with Crippen molar-refractivity contribution in [3.8, 4) is 0 Å². The first-order valence-electron chi connectivity index (χ1n) is 4.60. The van der Waals surface area contributed by atoms with Gasteiger partial charge in [0.2, 0.25) is 5.10 Å². The molecule has 0 aliphatic rings. The summed E-state index contributed by atoms with van der Waals surface area (Å²) in [6.07, 6.45) is 0. The van der Waals surface area contributed by atoms with E-state index < -0.39 is 0 Å². The maximum Gasteiger partial charge on any atom is 0.460 e. The molecular weight excluding hydrogens is 196 g/mol. The van der Waals surface area contributed by atoms with Crippen LogP contribution in [0, 0.1) is 10.4 Å². The molecule has 0 saturated heterocycles. The molecule has 0 radical (unpaired) electrons. The Kier molecular flexibility index (Phi) is 2.24. The van der Waals surface area contributed by atoms with Crippen molar-refractivity contribution in [1.29, 1.82) is 0 Å². The molecule has 0 bridgehead atoms. The summed E-state index contributed by atoms with van der Waals surface area (Å²) in [7, 11) is 0. The summed E-state index contributed by atoms with van der Waals surface area (Å²) in [4.78, 5) is 0.446. The van der Waals surface area contributed by atoms with E-state index in [1.165, 1.54) is 0 Å². The van der Waals surface area contributed by atoms with Crippen molar-refractivity contribution in [2.75, 3.05) is 11.9 Å². The van der Waals surface area contributed by atoms with Crippen molar-refractivity contribution in [3.63, 3.8) is 0 Å². The van der Waals surface area contributed by atoms with Crippen LogP contribution in [0.1, 0.15) is 6.92 Å².